The number of rotatable bonds is 7. The lowest BCUT2D eigenvalue weighted by Gasteiger charge is -2.22. The van der Waals surface area contributed by atoms with Gasteiger partial charge in [-0.2, -0.15) is 5.10 Å². The van der Waals surface area contributed by atoms with E-state index in [0.29, 0.717) is 17.9 Å². The number of nitro groups is 1. The van der Waals surface area contributed by atoms with Crippen LogP contribution < -0.4 is 9.47 Å². The SMILES string of the molecule is CCCCOc1c(OC)cc(-c2n[nH]c3c2CN(C)CC3)cc1[N+](=O)[O-]. The van der Waals surface area contributed by atoms with Gasteiger partial charge in [0.15, 0.2) is 5.75 Å². The van der Waals surface area contributed by atoms with Crippen LogP contribution >= 0.6 is 0 Å². The third kappa shape index (κ3) is 3.50. The number of benzene rings is 1. The number of hydrogen-bond donors (Lipinski definition) is 1. The topological polar surface area (TPSA) is 93.5 Å². The fourth-order valence-corrected chi connectivity index (χ4v) is 3.14. The molecule has 1 aliphatic rings. The van der Waals surface area contributed by atoms with Gasteiger partial charge in [0.1, 0.15) is 0 Å². The number of H-pyrrole nitrogens is 1. The maximum absolute atomic E-state index is 11.6. The van der Waals surface area contributed by atoms with E-state index in [2.05, 4.69) is 15.1 Å². The summed E-state index contributed by atoms with van der Waals surface area (Å²) in [6, 6.07) is 3.29. The number of nitrogens with zero attached hydrogens (tertiary/aromatic N) is 3. The van der Waals surface area contributed by atoms with E-state index in [0.717, 1.165) is 49.3 Å². The van der Waals surface area contributed by atoms with Crippen molar-refractivity contribution in [3.05, 3.63) is 33.5 Å². The number of aromatic nitrogens is 2. The molecular weight excluding hydrogens is 336 g/mol. The highest BCUT2D eigenvalue weighted by Gasteiger charge is 2.26. The summed E-state index contributed by atoms with van der Waals surface area (Å²) in [6.07, 6.45) is 2.65. The molecule has 26 heavy (non-hydrogen) atoms. The van der Waals surface area contributed by atoms with Gasteiger partial charge >= 0.3 is 5.69 Å². The van der Waals surface area contributed by atoms with Gasteiger partial charge in [0.2, 0.25) is 5.75 Å². The first-order valence-electron chi connectivity index (χ1n) is 8.79. The van der Waals surface area contributed by atoms with Crippen LogP contribution in [0.5, 0.6) is 11.5 Å². The van der Waals surface area contributed by atoms with Gasteiger partial charge in [0.25, 0.3) is 0 Å². The van der Waals surface area contributed by atoms with E-state index in [1.54, 1.807) is 6.07 Å². The Morgan fingerprint density at radius 3 is 2.92 bits per heavy atom. The number of aromatic amines is 1. The molecule has 140 valence electrons. The molecule has 2 aromatic rings. The molecule has 0 bridgehead atoms. The van der Waals surface area contributed by atoms with Crippen molar-refractivity contribution in [3.8, 4) is 22.8 Å². The zero-order valence-electron chi connectivity index (χ0n) is 15.4. The Bertz CT molecular complexity index is 803. The summed E-state index contributed by atoms with van der Waals surface area (Å²) in [6.45, 7) is 4.17. The molecule has 0 radical (unpaired) electrons. The minimum atomic E-state index is -0.432. The molecule has 0 saturated heterocycles. The Morgan fingerprint density at radius 1 is 1.42 bits per heavy atom. The summed E-state index contributed by atoms with van der Waals surface area (Å²) in [7, 11) is 3.54. The van der Waals surface area contributed by atoms with Gasteiger partial charge in [0.05, 0.1) is 24.3 Å². The largest absolute Gasteiger partial charge is 0.493 e. The molecule has 8 nitrogen and oxygen atoms in total. The van der Waals surface area contributed by atoms with Crippen molar-refractivity contribution in [2.75, 3.05) is 27.3 Å². The molecule has 3 rings (SSSR count). The highest BCUT2D eigenvalue weighted by Crippen LogP contribution is 2.42. The molecule has 0 spiro atoms. The van der Waals surface area contributed by atoms with Crippen LogP contribution in [0.15, 0.2) is 12.1 Å². The molecule has 1 N–H and O–H groups in total. The van der Waals surface area contributed by atoms with Gasteiger partial charge in [-0.1, -0.05) is 13.3 Å². The van der Waals surface area contributed by atoms with Crippen LogP contribution in [0.25, 0.3) is 11.3 Å². The number of nitro benzene ring substituents is 1. The van der Waals surface area contributed by atoms with E-state index < -0.39 is 4.92 Å². The van der Waals surface area contributed by atoms with Gasteiger partial charge < -0.3 is 14.4 Å². The molecular formula is C18H24N4O4. The zero-order valence-corrected chi connectivity index (χ0v) is 15.4. The Hall–Kier alpha value is -2.61. The van der Waals surface area contributed by atoms with Crippen LogP contribution in [0.1, 0.15) is 31.0 Å². The van der Waals surface area contributed by atoms with E-state index in [4.69, 9.17) is 9.47 Å². The van der Waals surface area contributed by atoms with Crippen molar-refractivity contribution in [2.45, 2.75) is 32.7 Å². The Morgan fingerprint density at radius 2 is 2.23 bits per heavy atom. The van der Waals surface area contributed by atoms with E-state index in [-0.39, 0.29) is 11.4 Å². The van der Waals surface area contributed by atoms with Crippen molar-refractivity contribution in [2.24, 2.45) is 0 Å². The lowest BCUT2D eigenvalue weighted by Crippen LogP contribution is -2.26. The minimum Gasteiger partial charge on any atom is -0.493 e. The zero-order chi connectivity index (χ0) is 18.7. The number of hydrogen-bond acceptors (Lipinski definition) is 6. The first kappa shape index (κ1) is 18.2. The predicted octanol–water partition coefficient (Wildman–Crippen LogP) is 3.16. The van der Waals surface area contributed by atoms with Crippen LogP contribution in [-0.2, 0) is 13.0 Å². The quantitative estimate of drug-likeness (QED) is 0.463. The molecule has 0 atom stereocenters. The maximum atomic E-state index is 11.6. The number of ether oxygens (including phenoxy) is 2. The Kier molecular flexibility index (Phi) is 5.41. The molecule has 8 heteroatoms. The summed E-state index contributed by atoms with van der Waals surface area (Å²) in [4.78, 5) is 13.4. The summed E-state index contributed by atoms with van der Waals surface area (Å²) < 4.78 is 11.1. The fraction of sp³-hybridized carbons (Fsp3) is 0.500. The summed E-state index contributed by atoms with van der Waals surface area (Å²) in [5.41, 5.74) is 3.45. The molecule has 1 aromatic heterocycles. The van der Waals surface area contributed by atoms with Crippen LogP contribution in [-0.4, -0.2) is 47.3 Å². The molecule has 0 amide bonds. The van der Waals surface area contributed by atoms with E-state index in [1.807, 2.05) is 14.0 Å². The first-order valence-corrected chi connectivity index (χ1v) is 8.79. The van der Waals surface area contributed by atoms with Gasteiger partial charge in [-0.05, 0) is 19.5 Å². The van der Waals surface area contributed by atoms with Gasteiger partial charge in [-0.15, -0.1) is 0 Å². The standard InChI is InChI=1S/C18H24N4O4/c1-4-5-8-26-18-15(22(23)24)9-12(10-16(18)25-3)17-13-11-21(2)7-6-14(13)19-20-17/h9-10H,4-8,11H2,1-3H3,(H,19,20). The molecule has 2 heterocycles. The van der Waals surface area contributed by atoms with Gasteiger partial charge in [-0.25, -0.2) is 0 Å². The van der Waals surface area contributed by atoms with Crippen LogP contribution in [0.2, 0.25) is 0 Å². The lowest BCUT2D eigenvalue weighted by atomic mass is 10.0. The van der Waals surface area contributed by atoms with Crippen molar-refractivity contribution in [1.82, 2.24) is 15.1 Å². The molecule has 1 aliphatic heterocycles. The molecule has 0 aliphatic carbocycles. The normalized spacial score (nSPS) is 14.1. The first-order chi connectivity index (χ1) is 12.5. The van der Waals surface area contributed by atoms with Crippen LogP contribution in [0.3, 0.4) is 0 Å². The molecule has 0 unspecified atom stereocenters. The molecule has 0 fully saturated rings. The van der Waals surface area contributed by atoms with Gasteiger partial charge in [-0.3, -0.25) is 15.2 Å². The predicted molar refractivity (Wildman–Crippen MR) is 97.7 cm³/mol. The number of likely N-dealkylation sites (N-methyl/N-ethyl adjacent to an activating group) is 1. The molecule has 1 aromatic carbocycles. The third-order valence-corrected chi connectivity index (χ3v) is 4.59. The van der Waals surface area contributed by atoms with Crippen LogP contribution in [0, 0.1) is 10.1 Å². The van der Waals surface area contributed by atoms with E-state index in [9.17, 15) is 10.1 Å². The third-order valence-electron chi connectivity index (χ3n) is 4.59. The average molecular weight is 360 g/mol. The second-order valence-corrected chi connectivity index (χ2v) is 6.50. The number of fused-ring (bicyclic) bond motifs is 1. The smallest absolute Gasteiger partial charge is 0.315 e. The summed E-state index contributed by atoms with van der Waals surface area (Å²) in [5, 5.41) is 19.1. The lowest BCUT2D eigenvalue weighted by molar-refractivity contribution is -0.385. The Labute approximate surface area is 152 Å². The Balaban J connectivity index is 2.05. The average Bonchev–Trinajstić information content (AvgIpc) is 3.04. The van der Waals surface area contributed by atoms with E-state index in [1.165, 1.54) is 13.2 Å². The summed E-state index contributed by atoms with van der Waals surface area (Å²) >= 11 is 0. The van der Waals surface area contributed by atoms with Crippen molar-refractivity contribution in [1.29, 1.82) is 0 Å². The molecule has 0 saturated carbocycles. The van der Waals surface area contributed by atoms with Crippen LogP contribution in [0.4, 0.5) is 5.69 Å². The summed E-state index contributed by atoms with van der Waals surface area (Å²) in [5.74, 6) is 0.530. The van der Waals surface area contributed by atoms with E-state index >= 15 is 0 Å². The second kappa shape index (κ2) is 7.74. The monoisotopic (exact) mass is 360 g/mol. The number of nitrogens with one attached hydrogen (secondary N) is 1. The highest BCUT2D eigenvalue weighted by molar-refractivity contribution is 5.73. The second-order valence-electron chi connectivity index (χ2n) is 6.50. The van der Waals surface area contributed by atoms with Crippen molar-refractivity contribution < 1.29 is 14.4 Å². The maximum Gasteiger partial charge on any atom is 0.315 e. The van der Waals surface area contributed by atoms with Crippen molar-refractivity contribution >= 4 is 5.69 Å². The number of methoxy groups -OCH3 is 1. The number of unbranched alkanes of at least 4 members (excludes halogenated alkanes) is 1. The van der Waals surface area contributed by atoms with Crippen molar-refractivity contribution in [3.63, 3.8) is 0 Å². The fourth-order valence-electron chi connectivity index (χ4n) is 3.14. The highest BCUT2D eigenvalue weighted by atomic mass is 16.6. The van der Waals surface area contributed by atoms with Gasteiger partial charge in [0, 0.05) is 42.4 Å². The minimum absolute atomic E-state index is 0.101.